The van der Waals surface area contributed by atoms with Crippen LogP contribution in [0.2, 0.25) is 5.02 Å². The molecule has 0 amide bonds. The first-order chi connectivity index (χ1) is 10.3. The van der Waals surface area contributed by atoms with Crippen LogP contribution in [0.15, 0.2) is 48.5 Å². The van der Waals surface area contributed by atoms with Gasteiger partial charge < -0.3 is 10.6 Å². The summed E-state index contributed by atoms with van der Waals surface area (Å²) < 4.78 is 0. The number of nitrogens with two attached hydrogens (primary N) is 1. The molecule has 112 valence electrons. The van der Waals surface area contributed by atoms with E-state index in [1.54, 1.807) is 0 Å². The molecule has 3 heteroatoms. The van der Waals surface area contributed by atoms with E-state index in [-0.39, 0.29) is 0 Å². The summed E-state index contributed by atoms with van der Waals surface area (Å²) in [4.78, 5) is 2.37. The van der Waals surface area contributed by atoms with E-state index in [4.69, 9.17) is 17.3 Å². The highest BCUT2D eigenvalue weighted by atomic mass is 35.5. The second-order valence-electron chi connectivity index (χ2n) is 5.15. The van der Waals surface area contributed by atoms with Crippen LogP contribution in [0.3, 0.4) is 0 Å². The van der Waals surface area contributed by atoms with Gasteiger partial charge in [-0.3, -0.25) is 0 Å². The molecule has 0 saturated carbocycles. The first-order valence-electron chi connectivity index (χ1n) is 7.57. The number of hydrogen-bond acceptors (Lipinski definition) is 2. The zero-order chi connectivity index (χ0) is 15.1. The summed E-state index contributed by atoms with van der Waals surface area (Å²) in [5, 5.41) is 0.769. The fraction of sp³-hybridized carbons (Fsp3) is 0.333. The van der Waals surface area contributed by atoms with Gasteiger partial charge >= 0.3 is 0 Å². The SMILES string of the molecule is CCCCN(c1ccccc1)c1ccc(Cl)cc1CCN. The van der Waals surface area contributed by atoms with Crippen molar-refractivity contribution in [2.75, 3.05) is 18.0 Å². The van der Waals surface area contributed by atoms with Gasteiger partial charge in [-0.15, -0.1) is 0 Å². The van der Waals surface area contributed by atoms with Gasteiger partial charge in [-0.05, 0) is 55.3 Å². The van der Waals surface area contributed by atoms with Gasteiger partial charge in [0.25, 0.3) is 0 Å². The summed E-state index contributed by atoms with van der Waals surface area (Å²) in [5.74, 6) is 0. The van der Waals surface area contributed by atoms with E-state index < -0.39 is 0 Å². The summed E-state index contributed by atoms with van der Waals surface area (Å²) in [5.41, 5.74) is 9.40. The zero-order valence-corrected chi connectivity index (χ0v) is 13.3. The maximum absolute atomic E-state index is 6.15. The maximum Gasteiger partial charge on any atom is 0.0444 e. The average Bonchev–Trinajstić information content (AvgIpc) is 2.51. The van der Waals surface area contributed by atoms with Gasteiger partial charge in [0.2, 0.25) is 0 Å². The van der Waals surface area contributed by atoms with Crippen molar-refractivity contribution in [1.29, 1.82) is 0 Å². The Morgan fingerprint density at radius 2 is 1.86 bits per heavy atom. The number of nitrogens with zero attached hydrogens (tertiary/aromatic N) is 1. The van der Waals surface area contributed by atoms with Crippen LogP contribution in [-0.2, 0) is 6.42 Å². The van der Waals surface area contributed by atoms with Crippen LogP contribution in [0.4, 0.5) is 11.4 Å². The summed E-state index contributed by atoms with van der Waals surface area (Å²) in [7, 11) is 0. The molecule has 2 N–H and O–H groups in total. The Bertz CT molecular complexity index is 554. The zero-order valence-electron chi connectivity index (χ0n) is 12.6. The maximum atomic E-state index is 6.15. The van der Waals surface area contributed by atoms with E-state index in [0.717, 1.165) is 24.4 Å². The highest BCUT2D eigenvalue weighted by molar-refractivity contribution is 6.30. The van der Waals surface area contributed by atoms with Crippen molar-refractivity contribution in [1.82, 2.24) is 0 Å². The lowest BCUT2D eigenvalue weighted by Crippen LogP contribution is -2.20. The van der Waals surface area contributed by atoms with Gasteiger partial charge in [-0.1, -0.05) is 43.1 Å². The van der Waals surface area contributed by atoms with Crippen molar-refractivity contribution in [3.05, 3.63) is 59.1 Å². The molecular weight excluding hydrogens is 280 g/mol. The average molecular weight is 303 g/mol. The molecule has 2 aromatic carbocycles. The minimum Gasteiger partial charge on any atom is -0.341 e. The molecule has 0 spiro atoms. The monoisotopic (exact) mass is 302 g/mol. The van der Waals surface area contributed by atoms with Crippen LogP contribution < -0.4 is 10.6 Å². The molecule has 2 aromatic rings. The second kappa shape index (κ2) is 8.06. The van der Waals surface area contributed by atoms with Crippen LogP contribution in [0.25, 0.3) is 0 Å². The van der Waals surface area contributed by atoms with E-state index in [2.05, 4.69) is 42.2 Å². The summed E-state index contributed by atoms with van der Waals surface area (Å²) in [6.07, 6.45) is 3.16. The molecule has 0 aliphatic rings. The number of anilines is 2. The van der Waals surface area contributed by atoms with Crippen molar-refractivity contribution in [2.45, 2.75) is 26.2 Å². The van der Waals surface area contributed by atoms with Gasteiger partial charge in [0.1, 0.15) is 0 Å². The molecule has 0 radical (unpaired) electrons. The van der Waals surface area contributed by atoms with Crippen molar-refractivity contribution < 1.29 is 0 Å². The van der Waals surface area contributed by atoms with Gasteiger partial charge in [-0.2, -0.15) is 0 Å². The first kappa shape index (κ1) is 15.9. The first-order valence-corrected chi connectivity index (χ1v) is 7.95. The van der Waals surface area contributed by atoms with Crippen molar-refractivity contribution in [2.24, 2.45) is 5.73 Å². The molecule has 0 fully saturated rings. The number of rotatable bonds is 7. The normalized spacial score (nSPS) is 10.6. The lowest BCUT2D eigenvalue weighted by Gasteiger charge is -2.27. The van der Waals surface area contributed by atoms with Crippen LogP contribution in [0.1, 0.15) is 25.3 Å². The van der Waals surface area contributed by atoms with Crippen molar-refractivity contribution >= 4 is 23.0 Å². The third-order valence-electron chi connectivity index (χ3n) is 3.55. The van der Waals surface area contributed by atoms with E-state index in [1.807, 2.05) is 18.2 Å². The van der Waals surface area contributed by atoms with Gasteiger partial charge in [0.15, 0.2) is 0 Å². The number of para-hydroxylation sites is 1. The number of hydrogen-bond donors (Lipinski definition) is 1. The molecule has 0 saturated heterocycles. The Morgan fingerprint density at radius 1 is 1.10 bits per heavy atom. The van der Waals surface area contributed by atoms with Crippen LogP contribution in [0.5, 0.6) is 0 Å². The van der Waals surface area contributed by atoms with Crippen LogP contribution in [-0.4, -0.2) is 13.1 Å². The third-order valence-corrected chi connectivity index (χ3v) is 3.78. The lowest BCUT2D eigenvalue weighted by atomic mass is 10.1. The summed E-state index contributed by atoms with van der Waals surface area (Å²) in [6, 6.07) is 16.6. The Hall–Kier alpha value is -1.51. The Balaban J connectivity index is 2.41. The Kier molecular flexibility index (Phi) is 6.09. The smallest absolute Gasteiger partial charge is 0.0444 e. The molecule has 0 atom stereocenters. The number of benzene rings is 2. The molecule has 0 unspecified atom stereocenters. The fourth-order valence-corrected chi connectivity index (χ4v) is 2.68. The number of unbranched alkanes of at least 4 members (excludes halogenated alkanes) is 1. The van der Waals surface area contributed by atoms with Crippen LogP contribution >= 0.6 is 11.6 Å². The van der Waals surface area contributed by atoms with Gasteiger partial charge in [-0.25, -0.2) is 0 Å². The highest BCUT2D eigenvalue weighted by Gasteiger charge is 2.13. The lowest BCUT2D eigenvalue weighted by molar-refractivity contribution is 0.782. The summed E-state index contributed by atoms with van der Waals surface area (Å²) in [6.45, 7) is 3.84. The van der Waals surface area contributed by atoms with Crippen molar-refractivity contribution in [3.8, 4) is 0 Å². The Morgan fingerprint density at radius 3 is 2.52 bits per heavy atom. The molecule has 0 heterocycles. The van der Waals surface area contributed by atoms with Crippen molar-refractivity contribution in [3.63, 3.8) is 0 Å². The molecule has 21 heavy (non-hydrogen) atoms. The minimum atomic E-state index is 0.629. The van der Waals surface area contributed by atoms with Gasteiger partial charge in [0.05, 0.1) is 0 Å². The van der Waals surface area contributed by atoms with E-state index in [0.29, 0.717) is 6.54 Å². The van der Waals surface area contributed by atoms with E-state index in [9.17, 15) is 0 Å². The minimum absolute atomic E-state index is 0.629. The molecule has 0 aromatic heterocycles. The number of halogens is 1. The standard InChI is InChI=1S/C18H23ClN2/c1-2-3-13-21(17-7-5-4-6-8-17)18-10-9-16(19)14-15(18)11-12-20/h4-10,14H,2-3,11-13,20H2,1H3. The largest absolute Gasteiger partial charge is 0.341 e. The van der Waals surface area contributed by atoms with Crippen LogP contribution in [0, 0.1) is 0 Å². The molecule has 2 rings (SSSR count). The Labute approximate surface area is 132 Å². The highest BCUT2D eigenvalue weighted by Crippen LogP contribution is 2.31. The summed E-state index contributed by atoms with van der Waals surface area (Å²) >= 11 is 6.15. The van der Waals surface area contributed by atoms with E-state index >= 15 is 0 Å². The topological polar surface area (TPSA) is 29.3 Å². The quantitative estimate of drug-likeness (QED) is 0.797. The molecular formula is C18H23ClN2. The fourth-order valence-electron chi connectivity index (χ4n) is 2.49. The van der Waals surface area contributed by atoms with Gasteiger partial charge in [0, 0.05) is 22.9 Å². The predicted molar refractivity (Wildman–Crippen MR) is 92.6 cm³/mol. The molecule has 0 bridgehead atoms. The predicted octanol–water partition coefficient (Wildman–Crippen LogP) is 4.78. The third kappa shape index (κ3) is 4.23. The second-order valence-corrected chi connectivity index (χ2v) is 5.59. The molecule has 0 aliphatic carbocycles. The van der Waals surface area contributed by atoms with E-state index in [1.165, 1.54) is 23.4 Å². The molecule has 2 nitrogen and oxygen atoms in total. The molecule has 0 aliphatic heterocycles.